The van der Waals surface area contributed by atoms with Gasteiger partial charge >= 0.3 is 11.9 Å². The number of nitrogens with zero attached hydrogens (tertiary/aromatic N) is 1. The smallest absolute Gasteiger partial charge is 0.342 e. The molecule has 8 heteroatoms. The minimum Gasteiger partial charge on any atom is -0.507 e. The molecule has 1 fully saturated rings. The lowest BCUT2D eigenvalue weighted by molar-refractivity contribution is -0.384. The molecule has 0 bridgehead atoms. The Bertz CT molecular complexity index is 977. The number of hydrogen-bond donors (Lipinski definition) is 1. The Kier molecular flexibility index (Phi) is 5.81. The van der Waals surface area contributed by atoms with E-state index in [2.05, 4.69) is 0 Å². The van der Waals surface area contributed by atoms with Gasteiger partial charge in [-0.1, -0.05) is 12.1 Å². The van der Waals surface area contributed by atoms with Gasteiger partial charge in [-0.2, -0.15) is 0 Å². The quantitative estimate of drug-likeness (QED) is 0.456. The third kappa shape index (κ3) is 3.91. The number of para-hydroxylation sites is 1. The predicted octanol–water partition coefficient (Wildman–Crippen LogP) is 4.16. The van der Waals surface area contributed by atoms with Crippen molar-refractivity contribution in [3.63, 3.8) is 0 Å². The molecule has 1 aliphatic rings. The normalized spacial score (nSPS) is 13.9. The summed E-state index contributed by atoms with van der Waals surface area (Å²) >= 11 is 0. The van der Waals surface area contributed by atoms with Crippen molar-refractivity contribution in [1.29, 1.82) is 0 Å². The number of aromatic hydroxyl groups is 1. The van der Waals surface area contributed by atoms with Gasteiger partial charge in [-0.3, -0.25) is 10.1 Å². The summed E-state index contributed by atoms with van der Waals surface area (Å²) in [6.07, 6.45) is 3.16. The van der Waals surface area contributed by atoms with E-state index >= 15 is 0 Å². The lowest BCUT2D eigenvalue weighted by Crippen LogP contribution is -2.18. The maximum atomic E-state index is 13.0. The van der Waals surface area contributed by atoms with Crippen molar-refractivity contribution in [3.8, 4) is 16.9 Å². The summed E-state index contributed by atoms with van der Waals surface area (Å²) in [6.45, 7) is 1.57. The molecule has 0 spiro atoms. The van der Waals surface area contributed by atoms with Gasteiger partial charge in [0.05, 0.1) is 23.2 Å². The van der Waals surface area contributed by atoms with Gasteiger partial charge in [0.25, 0.3) is 5.69 Å². The molecule has 29 heavy (non-hydrogen) atoms. The van der Waals surface area contributed by atoms with Crippen LogP contribution in [0.2, 0.25) is 0 Å². The monoisotopic (exact) mass is 399 g/mol. The molecular formula is C21H21NO7. The number of nitro benzene ring substituents is 1. The van der Waals surface area contributed by atoms with Crippen molar-refractivity contribution < 1.29 is 29.1 Å². The number of methoxy groups -OCH3 is 1. The number of carbonyl (C=O) groups excluding carboxylic acids is 2. The van der Waals surface area contributed by atoms with Crippen molar-refractivity contribution in [1.82, 2.24) is 0 Å². The lowest BCUT2D eigenvalue weighted by atomic mass is 9.89. The highest BCUT2D eigenvalue weighted by Crippen LogP contribution is 2.41. The van der Waals surface area contributed by atoms with Crippen LogP contribution in [0.4, 0.5) is 5.69 Å². The molecule has 8 nitrogen and oxygen atoms in total. The Hall–Kier alpha value is -3.42. The van der Waals surface area contributed by atoms with Crippen molar-refractivity contribution in [2.24, 2.45) is 0 Å². The molecule has 2 aromatic carbocycles. The maximum Gasteiger partial charge on any atom is 0.342 e. The van der Waals surface area contributed by atoms with Crippen LogP contribution in [-0.4, -0.2) is 35.2 Å². The number of phenols is 1. The van der Waals surface area contributed by atoms with Crippen LogP contribution in [-0.2, 0) is 9.47 Å². The number of ether oxygens (including phenoxy) is 2. The Morgan fingerprint density at radius 1 is 1.14 bits per heavy atom. The first-order valence-electron chi connectivity index (χ1n) is 9.24. The zero-order chi connectivity index (χ0) is 21.1. The number of nitro groups is 1. The number of benzene rings is 2. The first-order valence-corrected chi connectivity index (χ1v) is 9.24. The maximum absolute atomic E-state index is 13.0. The zero-order valence-corrected chi connectivity index (χ0v) is 16.1. The number of rotatable bonds is 5. The summed E-state index contributed by atoms with van der Waals surface area (Å²) in [5.74, 6) is -2.03. The van der Waals surface area contributed by atoms with Crippen LogP contribution < -0.4 is 0 Å². The van der Waals surface area contributed by atoms with Gasteiger partial charge < -0.3 is 14.6 Å². The highest BCUT2D eigenvalue weighted by Gasteiger charge is 2.32. The predicted molar refractivity (Wildman–Crippen MR) is 104 cm³/mol. The molecule has 0 unspecified atom stereocenters. The molecule has 1 saturated carbocycles. The van der Waals surface area contributed by atoms with Crippen molar-refractivity contribution in [3.05, 3.63) is 57.1 Å². The second-order valence-electron chi connectivity index (χ2n) is 6.92. The summed E-state index contributed by atoms with van der Waals surface area (Å²) in [6, 6.07) is 6.98. The van der Waals surface area contributed by atoms with Gasteiger partial charge in [0.1, 0.15) is 17.4 Å². The first kappa shape index (κ1) is 20.3. The van der Waals surface area contributed by atoms with Gasteiger partial charge in [0.2, 0.25) is 0 Å². The standard InChI is InChI=1S/C21H21NO7/c1-12-11-16(23)19(20(24)28-2)18(14-9-5-6-10-15(14)22(26)27)17(12)21(25)29-13-7-3-4-8-13/h5-6,9-11,13,23H,3-4,7-8H2,1-2H3. The summed E-state index contributed by atoms with van der Waals surface area (Å²) < 4.78 is 10.4. The van der Waals surface area contributed by atoms with Gasteiger partial charge in [-0.15, -0.1) is 0 Å². The molecule has 0 saturated heterocycles. The van der Waals surface area contributed by atoms with Gasteiger partial charge in [-0.25, -0.2) is 9.59 Å². The Labute approximate surface area is 167 Å². The molecule has 0 amide bonds. The second kappa shape index (κ2) is 8.30. The molecule has 1 N–H and O–H groups in total. The van der Waals surface area contributed by atoms with Crippen LogP contribution in [0.3, 0.4) is 0 Å². The fourth-order valence-corrected chi connectivity index (χ4v) is 3.70. The topological polar surface area (TPSA) is 116 Å². The molecule has 0 aromatic heterocycles. The zero-order valence-electron chi connectivity index (χ0n) is 16.1. The average Bonchev–Trinajstić information content (AvgIpc) is 3.19. The molecule has 0 aliphatic heterocycles. The molecule has 3 rings (SSSR count). The number of phenolic OH excluding ortho intramolecular Hbond substituents is 1. The Morgan fingerprint density at radius 2 is 1.79 bits per heavy atom. The van der Waals surface area contributed by atoms with E-state index in [0.717, 1.165) is 32.8 Å². The van der Waals surface area contributed by atoms with E-state index in [4.69, 9.17) is 9.47 Å². The number of hydrogen-bond acceptors (Lipinski definition) is 7. The van der Waals surface area contributed by atoms with Crippen LogP contribution in [0.15, 0.2) is 30.3 Å². The Balaban J connectivity index is 2.29. The van der Waals surface area contributed by atoms with E-state index in [1.165, 1.54) is 24.3 Å². The Morgan fingerprint density at radius 3 is 2.41 bits per heavy atom. The fourth-order valence-electron chi connectivity index (χ4n) is 3.70. The number of esters is 2. The van der Waals surface area contributed by atoms with E-state index in [1.807, 2.05) is 0 Å². The molecular weight excluding hydrogens is 378 g/mol. The summed E-state index contributed by atoms with van der Waals surface area (Å²) in [7, 11) is 1.13. The highest BCUT2D eigenvalue weighted by molar-refractivity contribution is 6.09. The van der Waals surface area contributed by atoms with Crippen LogP contribution in [0.25, 0.3) is 11.1 Å². The molecule has 0 radical (unpaired) electrons. The fraction of sp³-hybridized carbons (Fsp3) is 0.333. The molecule has 0 atom stereocenters. The summed E-state index contributed by atoms with van der Waals surface area (Å²) in [5.41, 5.74) is -0.320. The van der Waals surface area contributed by atoms with Gasteiger partial charge in [0.15, 0.2) is 0 Å². The van der Waals surface area contributed by atoms with Gasteiger partial charge in [-0.05, 0) is 50.3 Å². The van der Waals surface area contributed by atoms with Crippen LogP contribution >= 0.6 is 0 Å². The number of carbonyl (C=O) groups is 2. The second-order valence-corrected chi connectivity index (χ2v) is 6.92. The van der Waals surface area contributed by atoms with Gasteiger partial charge in [0, 0.05) is 11.6 Å². The van der Waals surface area contributed by atoms with E-state index in [-0.39, 0.29) is 34.0 Å². The highest BCUT2D eigenvalue weighted by atomic mass is 16.6. The van der Waals surface area contributed by atoms with E-state index in [9.17, 15) is 24.8 Å². The molecule has 1 aliphatic carbocycles. The largest absolute Gasteiger partial charge is 0.507 e. The average molecular weight is 399 g/mol. The lowest BCUT2D eigenvalue weighted by Gasteiger charge is -2.19. The SMILES string of the molecule is COC(=O)c1c(O)cc(C)c(C(=O)OC2CCCC2)c1-c1ccccc1[N+](=O)[O-]. The van der Waals surface area contributed by atoms with Crippen LogP contribution in [0, 0.1) is 17.0 Å². The molecule has 0 heterocycles. The summed E-state index contributed by atoms with van der Waals surface area (Å²) in [5, 5.41) is 22.0. The van der Waals surface area contributed by atoms with Crippen molar-refractivity contribution in [2.75, 3.05) is 7.11 Å². The van der Waals surface area contributed by atoms with Crippen molar-refractivity contribution >= 4 is 17.6 Å². The third-order valence-electron chi connectivity index (χ3n) is 5.04. The minimum atomic E-state index is -0.912. The summed E-state index contributed by atoms with van der Waals surface area (Å²) in [4.78, 5) is 36.5. The third-order valence-corrected chi connectivity index (χ3v) is 5.04. The molecule has 2 aromatic rings. The molecule has 152 valence electrons. The minimum absolute atomic E-state index is 0.00407. The van der Waals surface area contributed by atoms with E-state index in [0.29, 0.717) is 5.56 Å². The van der Waals surface area contributed by atoms with E-state index in [1.54, 1.807) is 13.0 Å². The van der Waals surface area contributed by atoms with E-state index < -0.39 is 22.6 Å². The van der Waals surface area contributed by atoms with Crippen LogP contribution in [0.5, 0.6) is 5.75 Å². The van der Waals surface area contributed by atoms with Crippen molar-refractivity contribution in [2.45, 2.75) is 38.7 Å². The first-order chi connectivity index (χ1) is 13.8. The number of aryl methyl sites for hydroxylation is 1. The van der Waals surface area contributed by atoms with Crippen LogP contribution in [0.1, 0.15) is 52.0 Å².